The number of hydrogen-bond donors (Lipinski definition) is 3. The highest BCUT2D eigenvalue weighted by Crippen LogP contribution is 2.18. The lowest BCUT2D eigenvalue weighted by atomic mass is 9.96. The normalized spacial score (nSPS) is 11.8. The fraction of sp³-hybridized carbons (Fsp3) is 0.308. The number of nitrogens with one attached hydrogen (secondary N) is 1. The first-order valence-electron chi connectivity index (χ1n) is 5.96. The van der Waals surface area contributed by atoms with Crippen molar-refractivity contribution in [2.24, 2.45) is 16.6 Å². The van der Waals surface area contributed by atoms with Gasteiger partial charge in [0.05, 0.1) is 5.71 Å². The van der Waals surface area contributed by atoms with Gasteiger partial charge in [-0.25, -0.2) is 4.79 Å². The second-order valence-corrected chi connectivity index (χ2v) is 5.20. The van der Waals surface area contributed by atoms with Crippen LogP contribution in [0, 0.1) is 0 Å². The Morgan fingerprint density at radius 1 is 1.35 bits per heavy atom. The van der Waals surface area contributed by atoms with Gasteiger partial charge in [-0.2, -0.15) is 5.10 Å². The first kappa shape index (κ1) is 15.9. The van der Waals surface area contributed by atoms with E-state index in [1.54, 1.807) is 13.8 Å². The molecule has 0 saturated heterocycles. The van der Waals surface area contributed by atoms with Crippen LogP contribution in [0.4, 0.5) is 4.79 Å². The largest absolute Gasteiger partial charge is 0.443 e. The van der Waals surface area contributed by atoms with Crippen LogP contribution in [0.25, 0.3) is 0 Å². The van der Waals surface area contributed by atoms with E-state index >= 15 is 0 Å². The third-order valence-corrected chi connectivity index (χ3v) is 2.47. The van der Waals surface area contributed by atoms with Gasteiger partial charge in [-0.05, 0) is 31.6 Å². The summed E-state index contributed by atoms with van der Waals surface area (Å²) in [6, 6.07) is 9.44. The van der Waals surface area contributed by atoms with Gasteiger partial charge in [0.25, 0.3) is 0 Å². The van der Waals surface area contributed by atoms with Crippen LogP contribution in [-0.4, -0.2) is 22.5 Å². The van der Waals surface area contributed by atoms with Crippen molar-refractivity contribution < 1.29 is 9.53 Å². The zero-order chi connectivity index (χ0) is 15.2. The molecule has 0 bridgehead atoms. The summed E-state index contributed by atoms with van der Waals surface area (Å²) in [5, 5.41) is 4.22. The zero-order valence-electron chi connectivity index (χ0n) is 11.4. The highest BCUT2D eigenvalue weighted by Gasteiger charge is 2.25. The molecule has 108 valence electrons. The van der Waals surface area contributed by atoms with Gasteiger partial charge in [-0.3, -0.25) is 5.43 Å². The molecule has 0 radical (unpaired) electrons. The van der Waals surface area contributed by atoms with Crippen molar-refractivity contribution in [3.63, 3.8) is 0 Å². The molecule has 0 fully saturated rings. The average Bonchev–Trinajstić information content (AvgIpc) is 2.33. The van der Waals surface area contributed by atoms with Crippen LogP contribution >= 0.6 is 12.2 Å². The Bertz CT molecular complexity index is 514. The maximum atomic E-state index is 10.9. The molecule has 0 aromatic heterocycles. The SMILES string of the molecule is CC(C)(CC(=NNC(N)=S)c1ccccc1)OC(N)=O. The van der Waals surface area contributed by atoms with E-state index in [4.69, 9.17) is 28.4 Å². The second-order valence-electron chi connectivity index (χ2n) is 4.76. The molecule has 0 saturated carbocycles. The Morgan fingerprint density at radius 2 is 1.95 bits per heavy atom. The molecule has 0 aliphatic heterocycles. The third-order valence-electron chi connectivity index (χ3n) is 2.38. The Balaban J connectivity index is 2.97. The third kappa shape index (κ3) is 5.66. The monoisotopic (exact) mass is 294 g/mol. The first-order chi connectivity index (χ1) is 9.30. The van der Waals surface area contributed by atoms with Gasteiger partial charge in [0.1, 0.15) is 5.60 Å². The van der Waals surface area contributed by atoms with E-state index in [-0.39, 0.29) is 5.11 Å². The van der Waals surface area contributed by atoms with Crippen LogP contribution in [0.1, 0.15) is 25.8 Å². The van der Waals surface area contributed by atoms with E-state index < -0.39 is 11.7 Å². The van der Waals surface area contributed by atoms with E-state index in [1.807, 2.05) is 30.3 Å². The molecule has 1 amide bonds. The van der Waals surface area contributed by atoms with Gasteiger partial charge in [0.2, 0.25) is 0 Å². The Kier molecular flexibility index (Phi) is 5.45. The van der Waals surface area contributed by atoms with Crippen molar-refractivity contribution >= 4 is 29.1 Å². The van der Waals surface area contributed by atoms with Crippen LogP contribution in [0.2, 0.25) is 0 Å². The number of hydrazone groups is 1. The molecular weight excluding hydrogens is 276 g/mol. The van der Waals surface area contributed by atoms with Gasteiger partial charge in [-0.1, -0.05) is 30.3 Å². The van der Waals surface area contributed by atoms with Gasteiger partial charge in [0, 0.05) is 6.42 Å². The summed E-state index contributed by atoms with van der Waals surface area (Å²) in [6.07, 6.45) is -0.472. The topological polar surface area (TPSA) is 103 Å². The molecule has 6 nitrogen and oxygen atoms in total. The van der Waals surface area contributed by atoms with Crippen LogP contribution in [0.15, 0.2) is 35.4 Å². The van der Waals surface area contributed by atoms with Crippen LogP contribution < -0.4 is 16.9 Å². The quantitative estimate of drug-likeness (QED) is 0.434. The van der Waals surface area contributed by atoms with Crippen molar-refractivity contribution in [3.8, 4) is 0 Å². The molecule has 1 aromatic carbocycles. The molecule has 0 spiro atoms. The predicted molar refractivity (Wildman–Crippen MR) is 82.3 cm³/mol. The number of thiocarbonyl (C=S) groups is 1. The molecule has 0 unspecified atom stereocenters. The molecule has 0 aliphatic carbocycles. The summed E-state index contributed by atoms with van der Waals surface area (Å²) in [6.45, 7) is 3.49. The predicted octanol–water partition coefficient (Wildman–Crippen LogP) is 1.49. The lowest BCUT2D eigenvalue weighted by molar-refractivity contribution is 0.0513. The fourth-order valence-electron chi connectivity index (χ4n) is 1.67. The number of amides is 1. The van der Waals surface area contributed by atoms with Crippen molar-refractivity contribution in [3.05, 3.63) is 35.9 Å². The molecule has 0 aliphatic rings. The van der Waals surface area contributed by atoms with E-state index in [1.165, 1.54) is 0 Å². The molecule has 5 N–H and O–H groups in total. The van der Waals surface area contributed by atoms with Crippen molar-refractivity contribution in [2.45, 2.75) is 25.9 Å². The summed E-state index contributed by atoms with van der Waals surface area (Å²) < 4.78 is 5.06. The minimum atomic E-state index is -0.829. The van der Waals surface area contributed by atoms with Crippen LogP contribution in [0.5, 0.6) is 0 Å². The molecular formula is C13H18N4O2S. The van der Waals surface area contributed by atoms with Crippen LogP contribution in [0.3, 0.4) is 0 Å². The Hall–Kier alpha value is -2.15. The number of ether oxygens (including phenoxy) is 1. The van der Waals surface area contributed by atoms with Gasteiger partial charge in [0.15, 0.2) is 5.11 Å². The summed E-state index contributed by atoms with van der Waals surface area (Å²) in [7, 11) is 0. The highest BCUT2D eigenvalue weighted by molar-refractivity contribution is 7.80. The van der Waals surface area contributed by atoms with E-state index in [0.29, 0.717) is 12.1 Å². The number of nitrogens with two attached hydrogens (primary N) is 2. The van der Waals surface area contributed by atoms with Crippen molar-refractivity contribution in [1.29, 1.82) is 0 Å². The van der Waals surface area contributed by atoms with Crippen LogP contribution in [-0.2, 0) is 4.74 Å². The molecule has 1 rings (SSSR count). The van der Waals surface area contributed by atoms with E-state index in [0.717, 1.165) is 5.56 Å². The standard InChI is InChI=1S/C13H18N4O2S/c1-13(2,19-12(15)18)8-10(16-17-11(14)20)9-6-4-3-5-7-9/h3-7H,8H2,1-2H3,(H2,15,18)(H3,14,17,20). The number of carbonyl (C=O) groups excluding carboxylic acids is 1. The number of benzene rings is 1. The van der Waals surface area contributed by atoms with E-state index in [9.17, 15) is 4.79 Å². The number of hydrogen-bond acceptors (Lipinski definition) is 4. The highest BCUT2D eigenvalue weighted by atomic mass is 32.1. The lowest BCUT2D eigenvalue weighted by Gasteiger charge is -2.24. The Morgan fingerprint density at radius 3 is 2.45 bits per heavy atom. The number of nitrogens with zero attached hydrogens (tertiary/aromatic N) is 1. The second kappa shape index (κ2) is 6.85. The van der Waals surface area contributed by atoms with E-state index in [2.05, 4.69) is 10.5 Å². The summed E-state index contributed by atoms with van der Waals surface area (Å²) in [5.74, 6) is 0. The lowest BCUT2D eigenvalue weighted by Crippen LogP contribution is -2.35. The minimum absolute atomic E-state index is 0.0621. The summed E-state index contributed by atoms with van der Waals surface area (Å²) >= 11 is 4.73. The molecule has 0 heterocycles. The molecule has 1 aromatic rings. The van der Waals surface area contributed by atoms with Gasteiger partial charge < -0.3 is 16.2 Å². The summed E-state index contributed by atoms with van der Waals surface area (Å²) in [4.78, 5) is 10.9. The zero-order valence-corrected chi connectivity index (χ0v) is 12.2. The average molecular weight is 294 g/mol. The molecule has 7 heteroatoms. The number of carbonyl (C=O) groups is 1. The summed E-state index contributed by atoms with van der Waals surface area (Å²) in [5.41, 5.74) is 13.7. The van der Waals surface area contributed by atoms with Gasteiger partial charge >= 0.3 is 6.09 Å². The Labute approximate surface area is 123 Å². The smallest absolute Gasteiger partial charge is 0.405 e. The van der Waals surface area contributed by atoms with Crippen molar-refractivity contribution in [1.82, 2.24) is 5.43 Å². The number of rotatable bonds is 5. The van der Waals surface area contributed by atoms with Crippen molar-refractivity contribution in [2.75, 3.05) is 0 Å². The molecule has 0 atom stereocenters. The minimum Gasteiger partial charge on any atom is -0.443 e. The maximum Gasteiger partial charge on any atom is 0.405 e. The fourth-order valence-corrected chi connectivity index (χ4v) is 1.72. The molecule has 20 heavy (non-hydrogen) atoms. The first-order valence-corrected chi connectivity index (χ1v) is 6.37. The number of primary amides is 1. The van der Waals surface area contributed by atoms with Gasteiger partial charge in [-0.15, -0.1) is 0 Å². The maximum absolute atomic E-state index is 10.9.